The predicted octanol–water partition coefficient (Wildman–Crippen LogP) is 2.04. The molecule has 0 saturated carbocycles. The number of ether oxygens (including phenoxy) is 1. The second kappa shape index (κ2) is 6.51. The minimum atomic E-state index is -0.399. The minimum Gasteiger partial charge on any atom is -0.496 e. The summed E-state index contributed by atoms with van der Waals surface area (Å²) in [5.74, 6) is 0.864. The second-order valence-corrected chi connectivity index (χ2v) is 3.89. The molecule has 0 fully saturated rings. The molecule has 1 aromatic carbocycles. The highest BCUT2D eigenvalue weighted by atomic mass is 16.5. The Hall–Kier alpha value is -1.06. The van der Waals surface area contributed by atoms with Gasteiger partial charge in [-0.05, 0) is 49.7 Å². The van der Waals surface area contributed by atoms with Crippen LogP contribution in [0.4, 0.5) is 0 Å². The van der Waals surface area contributed by atoms with Gasteiger partial charge in [-0.25, -0.2) is 0 Å². The van der Waals surface area contributed by atoms with Crippen molar-refractivity contribution in [1.29, 1.82) is 0 Å². The molecule has 0 spiro atoms. The molecule has 0 aliphatic carbocycles. The summed E-state index contributed by atoms with van der Waals surface area (Å²) in [6.07, 6.45) is 0.336. The molecule has 1 unspecified atom stereocenters. The Kier molecular flexibility index (Phi) is 5.29. The summed E-state index contributed by atoms with van der Waals surface area (Å²) in [6.45, 7) is 5.82. The number of hydrogen-bond donors (Lipinski definition) is 2. The van der Waals surface area contributed by atoms with E-state index in [4.69, 9.17) is 4.74 Å². The van der Waals surface area contributed by atoms with E-state index in [0.717, 1.165) is 36.4 Å². The summed E-state index contributed by atoms with van der Waals surface area (Å²) in [5, 5.41) is 13.2. The fourth-order valence-electron chi connectivity index (χ4n) is 1.69. The fraction of sp³-hybridized carbons (Fsp3) is 0.538. The smallest absolute Gasteiger partial charge is 0.121 e. The second-order valence-electron chi connectivity index (χ2n) is 3.89. The van der Waals surface area contributed by atoms with Gasteiger partial charge in [-0.2, -0.15) is 0 Å². The molecule has 3 heteroatoms. The largest absolute Gasteiger partial charge is 0.496 e. The number of aliphatic hydroxyl groups excluding tert-OH is 1. The molecule has 0 saturated heterocycles. The Bertz CT molecular complexity index is 326. The summed E-state index contributed by atoms with van der Waals surface area (Å²) in [7, 11) is 1.66. The number of rotatable bonds is 6. The van der Waals surface area contributed by atoms with Gasteiger partial charge >= 0.3 is 0 Å². The van der Waals surface area contributed by atoms with Crippen molar-refractivity contribution in [3.63, 3.8) is 0 Å². The topological polar surface area (TPSA) is 41.5 Å². The standard InChI is InChI=1S/C13H21NO2/c1-4-14-8-7-12(15)11-5-6-13(16-3)10(2)9-11/h5-6,9,12,14-15H,4,7-8H2,1-3H3. The highest BCUT2D eigenvalue weighted by molar-refractivity contribution is 5.36. The average molecular weight is 223 g/mol. The maximum atomic E-state index is 9.95. The molecule has 0 heterocycles. The normalized spacial score (nSPS) is 12.5. The van der Waals surface area contributed by atoms with E-state index in [2.05, 4.69) is 12.2 Å². The Morgan fingerprint density at radius 2 is 2.19 bits per heavy atom. The summed E-state index contributed by atoms with van der Waals surface area (Å²) < 4.78 is 5.18. The first-order valence-corrected chi connectivity index (χ1v) is 5.72. The lowest BCUT2D eigenvalue weighted by Crippen LogP contribution is -2.16. The van der Waals surface area contributed by atoms with Crippen LogP contribution in [-0.2, 0) is 0 Å². The van der Waals surface area contributed by atoms with Crippen molar-refractivity contribution in [2.45, 2.75) is 26.4 Å². The Labute approximate surface area is 97.4 Å². The van der Waals surface area contributed by atoms with E-state index < -0.39 is 6.10 Å². The average Bonchev–Trinajstić information content (AvgIpc) is 2.29. The van der Waals surface area contributed by atoms with Gasteiger partial charge in [0, 0.05) is 0 Å². The molecule has 1 aromatic rings. The number of methoxy groups -OCH3 is 1. The Balaban J connectivity index is 2.62. The summed E-state index contributed by atoms with van der Waals surface area (Å²) >= 11 is 0. The monoisotopic (exact) mass is 223 g/mol. The van der Waals surface area contributed by atoms with E-state index in [1.165, 1.54) is 0 Å². The highest BCUT2D eigenvalue weighted by Crippen LogP contribution is 2.23. The van der Waals surface area contributed by atoms with Gasteiger partial charge in [0.25, 0.3) is 0 Å². The van der Waals surface area contributed by atoms with Crippen LogP contribution in [0.1, 0.15) is 30.6 Å². The van der Waals surface area contributed by atoms with Crippen molar-refractivity contribution in [2.75, 3.05) is 20.2 Å². The Morgan fingerprint density at radius 3 is 2.75 bits per heavy atom. The lowest BCUT2D eigenvalue weighted by molar-refractivity contribution is 0.167. The van der Waals surface area contributed by atoms with Gasteiger partial charge in [0.15, 0.2) is 0 Å². The molecule has 0 aliphatic heterocycles. The molecule has 0 bridgehead atoms. The number of nitrogens with one attached hydrogen (secondary N) is 1. The van der Waals surface area contributed by atoms with Crippen molar-refractivity contribution in [3.8, 4) is 5.75 Å². The van der Waals surface area contributed by atoms with Crippen molar-refractivity contribution in [3.05, 3.63) is 29.3 Å². The number of aryl methyl sites for hydroxylation is 1. The Morgan fingerprint density at radius 1 is 1.44 bits per heavy atom. The molecule has 90 valence electrons. The van der Waals surface area contributed by atoms with Gasteiger partial charge in [0.2, 0.25) is 0 Å². The van der Waals surface area contributed by atoms with Crippen LogP contribution in [0.25, 0.3) is 0 Å². The van der Waals surface area contributed by atoms with E-state index >= 15 is 0 Å². The van der Waals surface area contributed by atoms with E-state index in [9.17, 15) is 5.11 Å². The molecule has 1 atom stereocenters. The number of benzene rings is 1. The number of hydrogen-bond acceptors (Lipinski definition) is 3. The SMILES string of the molecule is CCNCCC(O)c1ccc(OC)c(C)c1. The molecule has 2 N–H and O–H groups in total. The van der Waals surface area contributed by atoms with Crippen LogP contribution in [0.3, 0.4) is 0 Å². The zero-order valence-corrected chi connectivity index (χ0v) is 10.3. The third-order valence-corrected chi connectivity index (χ3v) is 2.65. The third-order valence-electron chi connectivity index (χ3n) is 2.65. The van der Waals surface area contributed by atoms with Gasteiger partial charge in [-0.3, -0.25) is 0 Å². The first kappa shape index (κ1) is 13.0. The zero-order chi connectivity index (χ0) is 12.0. The van der Waals surface area contributed by atoms with E-state index in [0.29, 0.717) is 0 Å². The van der Waals surface area contributed by atoms with Crippen LogP contribution in [0.5, 0.6) is 5.75 Å². The molecule has 0 aliphatic rings. The van der Waals surface area contributed by atoms with Crippen molar-refractivity contribution in [1.82, 2.24) is 5.32 Å². The molecular weight excluding hydrogens is 202 g/mol. The third kappa shape index (κ3) is 3.51. The fourth-order valence-corrected chi connectivity index (χ4v) is 1.69. The molecule has 0 aromatic heterocycles. The van der Waals surface area contributed by atoms with Crippen LogP contribution in [0.15, 0.2) is 18.2 Å². The molecule has 1 rings (SSSR count). The van der Waals surface area contributed by atoms with E-state index in [1.54, 1.807) is 7.11 Å². The van der Waals surface area contributed by atoms with Gasteiger partial charge < -0.3 is 15.2 Å². The van der Waals surface area contributed by atoms with Gasteiger partial charge in [-0.1, -0.05) is 13.0 Å². The maximum Gasteiger partial charge on any atom is 0.121 e. The maximum absolute atomic E-state index is 9.95. The van der Waals surface area contributed by atoms with E-state index in [-0.39, 0.29) is 0 Å². The lowest BCUT2D eigenvalue weighted by atomic mass is 10.0. The van der Waals surface area contributed by atoms with Crippen LogP contribution in [0.2, 0.25) is 0 Å². The van der Waals surface area contributed by atoms with Crippen LogP contribution >= 0.6 is 0 Å². The van der Waals surface area contributed by atoms with Crippen LogP contribution < -0.4 is 10.1 Å². The highest BCUT2D eigenvalue weighted by Gasteiger charge is 2.08. The zero-order valence-electron chi connectivity index (χ0n) is 10.3. The van der Waals surface area contributed by atoms with Gasteiger partial charge in [-0.15, -0.1) is 0 Å². The molecular formula is C13H21NO2. The predicted molar refractivity (Wildman–Crippen MR) is 65.9 cm³/mol. The van der Waals surface area contributed by atoms with Crippen LogP contribution in [-0.4, -0.2) is 25.3 Å². The molecule has 16 heavy (non-hydrogen) atoms. The minimum absolute atomic E-state index is 0.399. The first-order chi connectivity index (χ1) is 7.69. The number of aliphatic hydroxyl groups is 1. The molecule has 3 nitrogen and oxygen atoms in total. The summed E-state index contributed by atoms with van der Waals surface area (Å²) in [6, 6.07) is 5.80. The van der Waals surface area contributed by atoms with Gasteiger partial charge in [0.1, 0.15) is 5.75 Å². The van der Waals surface area contributed by atoms with E-state index in [1.807, 2.05) is 25.1 Å². The van der Waals surface area contributed by atoms with Crippen molar-refractivity contribution >= 4 is 0 Å². The van der Waals surface area contributed by atoms with Crippen LogP contribution in [0, 0.1) is 6.92 Å². The molecule has 0 amide bonds. The lowest BCUT2D eigenvalue weighted by Gasteiger charge is -2.13. The quantitative estimate of drug-likeness (QED) is 0.725. The molecule has 0 radical (unpaired) electrons. The summed E-state index contributed by atoms with van der Waals surface area (Å²) in [5.41, 5.74) is 2.01. The van der Waals surface area contributed by atoms with Crippen molar-refractivity contribution in [2.24, 2.45) is 0 Å². The van der Waals surface area contributed by atoms with Gasteiger partial charge in [0.05, 0.1) is 13.2 Å². The van der Waals surface area contributed by atoms with Crippen molar-refractivity contribution < 1.29 is 9.84 Å². The first-order valence-electron chi connectivity index (χ1n) is 5.72. The summed E-state index contributed by atoms with van der Waals surface area (Å²) in [4.78, 5) is 0.